The fourth-order valence-electron chi connectivity index (χ4n) is 2.69. The lowest BCUT2D eigenvalue weighted by Crippen LogP contribution is -2.04. The maximum absolute atomic E-state index is 12.9. The van der Waals surface area contributed by atoms with Gasteiger partial charge in [0.1, 0.15) is 17.5 Å². The molecule has 0 bridgehead atoms. The lowest BCUT2D eigenvalue weighted by atomic mass is 10.1. The van der Waals surface area contributed by atoms with E-state index >= 15 is 0 Å². The van der Waals surface area contributed by atoms with E-state index in [1.807, 2.05) is 0 Å². The normalized spacial score (nSPS) is 11.6. The predicted molar refractivity (Wildman–Crippen MR) is 98.4 cm³/mol. The van der Waals surface area contributed by atoms with Crippen molar-refractivity contribution < 1.29 is 17.9 Å². The van der Waals surface area contributed by atoms with Gasteiger partial charge >= 0.3 is 6.18 Å². The van der Waals surface area contributed by atoms with Crippen LogP contribution in [0.1, 0.15) is 5.56 Å². The Morgan fingerprint density at radius 3 is 2.61 bits per heavy atom. The molecule has 2 N–H and O–H groups in total. The zero-order valence-corrected chi connectivity index (χ0v) is 14.6. The molecule has 0 aliphatic heterocycles. The van der Waals surface area contributed by atoms with Crippen LogP contribution in [-0.2, 0) is 6.18 Å². The summed E-state index contributed by atoms with van der Waals surface area (Å²) in [5.74, 6) is 1.83. The molecule has 0 aliphatic rings. The van der Waals surface area contributed by atoms with Crippen molar-refractivity contribution in [3.8, 4) is 17.3 Å². The summed E-state index contributed by atoms with van der Waals surface area (Å²) >= 11 is 0. The first-order valence-corrected chi connectivity index (χ1v) is 8.24. The Hall–Kier alpha value is -3.62. The van der Waals surface area contributed by atoms with E-state index in [2.05, 4.69) is 25.3 Å². The van der Waals surface area contributed by atoms with E-state index in [0.29, 0.717) is 39.9 Å². The highest BCUT2D eigenvalue weighted by atomic mass is 19.4. The van der Waals surface area contributed by atoms with Crippen LogP contribution in [0.3, 0.4) is 0 Å². The van der Waals surface area contributed by atoms with Gasteiger partial charge in [-0.05, 0) is 18.2 Å². The van der Waals surface area contributed by atoms with Crippen molar-refractivity contribution >= 4 is 22.7 Å². The zero-order valence-electron chi connectivity index (χ0n) is 14.6. The molecule has 0 saturated heterocycles. The Bertz CT molecular complexity index is 1140. The molecule has 0 aliphatic carbocycles. The number of pyridine rings is 2. The minimum absolute atomic E-state index is 0.333. The van der Waals surface area contributed by atoms with Crippen molar-refractivity contribution in [2.75, 3.05) is 12.4 Å². The fraction of sp³-hybridized carbons (Fsp3) is 0.105. The number of methoxy groups -OCH3 is 1. The van der Waals surface area contributed by atoms with Crippen molar-refractivity contribution in [3.05, 3.63) is 60.3 Å². The molecule has 6 nitrogen and oxygen atoms in total. The smallest absolute Gasteiger partial charge is 0.416 e. The number of nitrogens with zero attached hydrogens (tertiary/aromatic N) is 3. The molecule has 0 radical (unpaired) electrons. The summed E-state index contributed by atoms with van der Waals surface area (Å²) in [6, 6.07) is 12.0. The summed E-state index contributed by atoms with van der Waals surface area (Å²) in [4.78, 5) is 15.9. The lowest BCUT2D eigenvalue weighted by Gasteiger charge is -2.07. The summed E-state index contributed by atoms with van der Waals surface area (Å²) < 4.78 is 43.9. The van der Waals surface area contributed by atoms with Crippen molar-refractivity contribution in [1.82, 2.24) is 19.9 Å². The standard InChI is InChI=1S/C19H14F3N5O/c1-28-17-7-3-6-15(27-17)26-16-9-13-14(10-23-16)25-18(24-13)11-4-2-5-12(8-11)19(20,21)22/h2-10H,1H3,(H,24,25)(H,23,26,27). The van der Waals surface area contributed by atoms with E-state index in [1.54, 1.807) is 36.5 Å². The monoisotopic (exact) mass is 385 g/mol. The summed E-state index contributed by atoms with van der Waals surface area (Å²) in [6.07, 6.45) is -2.85. The number of imidazole rings is 1. The number of rotatable bonds is 4. The minimum atomic E-state index is -4.41. The Balaban J connectivity index is 1.65. The van der Waals surface area contributed by atoms with E-state index in [9.17, 15) is 13.2 Å². The summed E-state index contributed by atoms with van der Waals surface area (Å²) in [5.41, 5.74) is 0.786. The van der Waals surface area contributed by atoms with Gasteiger partial charge in [0.15, 0.2) is 0 Å². The molecule has 0 saturated carbocycles. The number of hydrogen-bond acceptors (Lipinski definition) is 5. The Labute approximate surface area is 157 Å². The van der Waals surface area contributed by atoms with Crippen LogP contribution in [0.5, 0.6) is 5.88 Å². The van der Waals surface area contributed by atoms with Crippen LogP contribution < -0.4 is 10.1 Å². The molecule has 0 spiro atoms. The number of H-pyrrole nitrogens is 1. The van der Waals surface area contributed by atoms with Crippen LogP contribution in [0.2, 0.25) is 0 Å². The van der Waals surface area contributed by atoms with Gasteiger partial charge < -0.3 is 15.0 Å². The molecule has 1 aromatic carbocycles. The van der Waals surface area contributed by atoms with Crippen LogP contribution in [0, 0.1) is 0 Å². The largest absolute Gasteiger partial charge is 0.481 e. The van der Waals surface area contributed by atoms with Crippen LogP contribution in [0.25, 0.3) is 22.4 Å². The Morgan fingerprint density at radius 1 is 1.00 bits per heavy atom. The predicted octanol–water partition coefficient (Wildman–Crippen LogP) is 4.79. The number of aromatic amines is 1. The second-order valence-electron chi connectivity index (χ2n) is 5.94. The van der Waals surface area contributed by atoms with Gasteiger partial charge in [-0.15, -0.1) is 0 Å². The van der Waals surface area contributed by atoms with E-state index in [-0.39, 0.29) is 0 Å². The SMILES string of the molecule is COc1cccc(Nc2cc3nc(-c4cccc(C(F)(F)F)c4)[nH]c3cn2)n1. The molecule has 0 unspecified atom stereocenters. The number of ether oxygens (including phenoxy) is 1. The molecule has 28 heavy (non-hydrogen) atoms. The third-order valence-electron chi connectivity index (χ3n) is 4.02. The third-order valence-corrected chi connectivity index (χ3v) is 4.02. The van der Waals surface area contributed by atoms with Crippen LogP contribution in [0.15, 0.2) is 54.7 Å². The van der Waals surface area contributed by atoms with Gasteiger partial charge in [0.25, 0.3) is 0 Å². The Morgan fingerprint density at radius 2 is 1.82 bits per heavy atom. The van der Waals surface area contributed by atoms with Crippen molar-refractivity contribution in [3.63, 3.8) is 0 Å². The van der Waals surface area contributed by atoms with E-state index in [0.717, 1.165) is 12.1 Å². The molecule has 9 heteroatoms. The van der Waals surface area contributed by atoms with Crippen LogP contribution >= 0.6 is 0 Å². The highest BCUT2D eigenvalue weighted by Crippen LogP contribution is 2.32. The number of anilines is 2. The van der Waals surface area contributed by atoms with E-state index in [1.165, 1.54) is 13.2 Å². The van der Waals surface area contributed by atoms with Gasteiger partial charge in [-0.1, -0.05) is 18.2 Å². The van der Waals surface area contributed by atoms with E-state index in [4.69, 9.17) is 4.74 Å². The maximum Gasteiger partial charge on any atom is 0.416 e. The first kappa shape index (κ1) is 17.8. The molecule has 0 amide bonds. The number of hydrogen-bond donors (Lipinski definition) is 2. The van der Waals surface area contributed by atoms with Crippen LogP contribution in [-0.4, -0.2) is 27.0 Å². The second kappa shape index (κ2) is 6.84. The molecular weight excluding hydrogens is 371 g/mol. The van der Waals surface area contributed by atoms with Crippen molar-refractivity contribution in [2.45, 2.75) is 6.18 Å². The minimum Gasteiger partial charge on any atom is -0.481 e. The molecule has 142 valence electrons. The number of fused-ring (bicyclic) bond motifs is 1. The molecule has 4 aromatic rings. The first-order valence-electron chi connectivity index (χ1n) is 8.24. The molecule has 3 heterocycles. The average molecular weight is 385 g/mol. The average Bonchev–Trinajstić information content (AvgIpc) is 3.11. The lowest BCUT2D eigenvalue weighted by molar-refractivity contribution is -0.137. The van der Waals surface area contributed by atoms with Gasteiger partial charge in [-0.25, -0.2) is 9.97 Å². The van der Waals surface area contributed by atoms with E-state index < -0.39 is 11.7 Å². The molecule has 3 aromatic heterocycles. The number of halogens is 3. The molecule has 4 rings (SSSR count). The van der Waals surface area contributed by atoms with Crippen molar-refractivity contribution in [1.29, 1.82) is 0 Å². The zero-order chi connectivity index (χ0) is 19.7. The highest BCUT2D eigenvalue weighted by Gasteiger charge is 2.30. The van der Waals surface area contributed by atoms with Gasteiger partial charge in [0.05, 0.1) is 29.9 Å². The third kappa shape index (κ3) is 3.59. The topological polar surface area (TPSA) is 75.7 Å². The summed E-state index contributed by atoms with van der Waals surface area (Å²) in [6.45, 7) is 0. The Kier molecular flexibility index (Phi) is 4.34. The van der Waals surface area contributed by atoms with Gasteiger partial charge in [0.2, 0.25) is 5.88 Å². The van der Waals surface area contributed by atoms with Gasteiger partial charge in [-0.3, -0.25) is 0 Å². The van der Waals surface area contributed by atoms with Gasteiger partial charge in [-0.2, -0.15) is 18.2 Å². The second-order valence-corrected chi connectivity index (χ2v) is 5.94. The van der Waals surface area contributed by atoms with Gasteiger partial charge in [0, 0.05) is 17.7 Å². The van der Waals surface area contributed by atoms with Crippen LogP contribution in [0.4, 0.5) is 24.8 Å². The number of aromatic nitrogens is 4. The molecule has 0 atom stereocenters. The quantitative estimate of drug-likeness (QED) is 0.528. The number of benzene rings is 1. The van der Waals surface area contributed by atoms with Crippen molar-refractivity contribution in [2.24, 2.45) is 0 Å². The first-order chi connectivity index (χ1) is 13.4. The highest BCUT2D eigenvalue weighted by molar-refractivity contribution is 5.81. The number of nitrogens with one attached hydrogen (secondary N) is 2. The number of alkyl halides is 3. The summed E-state index contributed by atoms with van der Waals surface area (Å²) in [5, 5.41) is 3.04. The molecule has 0 fully saturated rings. The maximum atomic E-state index is 12.9. The molecular formula is C19H14F3N5O. The fourth-order valence-corrected chi connectivity index (χ4v) is 2.69. The summed E-state index contributed by atoms with van der Waals surface area (Å²) in [7, 11) is 1.52.